The molecule has 1 aliphatic heterocycles. The van der Waals surface area contributed by atoms with Crippen molar-refractivity contribution < 1.29 is 17.6 Å². The summed E-state index contributed by atoms with van der Waals surface area (Å²) in [6.45, 7) is 2.69. The minimum absolute atomic E-state index is 0.0257. The number of aromatic amines is 1. The Morgan fingerprint density at radius 2 is 1.71 bits per heavy atom. The molecule has 0 saturated carbocycles. The van der Waals surface area contributed by atoms with Crippen molar-refractivity contribution >= 4 is 32.8 Å². The molecule has 0 unspecified atom stereocenters. The number of nitrogens with zero attached hydrogens (tertiary/aromatic N) is 6. The second-order valence-corrected chi connectivity index (χ2v) is 11.6. The van der Waals surface area contributed by atoms with E-state index in [2.05, 4.69) is 25.5 Å². The van der Waals surface area contributed by atoms with Gasteiger partial charge in [0.1, 0.15) is 17.0 Å². The number of piperidine rings is 1. The van der Waals surface area contributed by atoms with Crippen LogP contribution in [0.1, 0.15) is 35.3 Å². The van der Waals surface area contributed by atoms with Gasteiger partial charge in [0.2, 0.25) is 16.0 Å². The van der Waals surface area contributed by atoms with E-state index in [1.807, 2.05) is 0 Å². The summed E-state index contributed by atoms with van der Waals surface area (Å²) in [4.78, 5) is 33.3. The molecule has 0 atom stereocenters. The van der Waals surface area contributed by atoms with Crippen molar-refractivity contribution in [2.45, 2.75) is 31.1 Å². The Labute approximate surface area is 233 Å². The molecular weight excluding hydrogens is 551 g/mol. The molecule has 0 bridgehead atoms. The van der Waals surface area contributed by atoms with Crippen LogP contribution in [-0.4, -0.2) is 61.2 Å². The number of amides is 1. The van der Waals surface area contributed by atoms with Crippen molar-refractivity contribution in [1.29, 1.82) is 0 Å². The van der Waals surface area contributed by atoms with Gasteiger partial charge in [-0.2, -0.15) is 24.2 Å². The number of sulfonamides is 1. The molecule has 4 heterocycles. The van der Waals surface area contributed by atoms with Gasteiger partial charge >= 0.3 is 0 Å². The van der Waals surface area contributed by atoms with Gasteiger partial charge in [0, 0.05) is 24.7 Å². The normalized spacial score (nSPS) is 14.4. The summed E-state index contributed by atoms with van der Waals surface area (Å²) in [5.41, 5.74) is 1.01. The van der Waals surface area contributed by atoms with E-state index < -0.39 is 27.3 Å². The average Bonchev–Trinajstić information content (AvgIpc) is 3.57. The van der Waals surface area contributed by atoms with E-state index in [0.717, 1.165) is 19.3 Å². The van der Waals surface area contributed by atoms with Crippen LogP contribution in [0, 0.1) is 12.7 Å². The SMILES string of the molecule is Cc1cc(NC(=O)c2ccc(S(=O)(=O)N3CCCCC3)cc2)n(-c2nc3c(cnn3-c3ccc(F)cc3)c(=O)[nH]2)n1. The van der Waals surface area contributed by atoms with Crippen LogP contribution in [0.5, 0.6) is 0 Å². The number of hydrogen-bond donors (Lipinski definition) is 2. The Hall–Kier alpha value is -4.69. The number of hydrogen-bond acceptors (Lipinski definition) is 7. The van der Waals surface area contributed by atoms with Crippen LogP contribution in [-0.2, 0) is 10.0 Å². The zero-order valence-electron chi connectivity index (χ0n) is 21.9. The van der Waals surface area contributed by atoms with Gasteiger partial charge in [-0.25, -0.2) is 17.5 Å². The van der Waals surface area contributed by atoms with Crippen molar-refractivity contribution in [3.8, 4) is 11.6 Å². The quantitative estimate of drug-likeness (QED) is 0.316. The largest absolute Gasteiger partial charge is 0.306 e. The second-order valence-electron chi connectivity index (χ2n) is 9.69. The summed E-state index contributed by atoms with van der Waals surface area (Å²) >= 11 is 0. The molecule has 5 aromatic rings. The standard InChI is InChI=1S/C27H25FN8O4S/c1-17-15-23(30-25(37)18-5-11-21(12-6-18)41(39,40)34-13-3-2-4-14-34)36(33-17)27-31-24-22(26(38)32-27)16-29-35(24)20-9-7-19(28)8-10-20/h5-12,15-16H,2-4,13-14H2,1H3,(H,30,37)(H,31,32,38). The maximum Gasteiger partial charge on any atom is 0.263 e. The summed E-state index contributed by atoms with van der Waals surface area (Å²) in [7, 11) is -3.63. The number of benzene rings is 2. The van der Waals surface area contributed by atoms with E-state index in [1.54, 1.807) is 13.0 Å². The van der Waals surface area contributed by atoms with Gasteiger partial charge in [-0.05, 0) is 68.3 Å². The number of halogens is 1. The first-order valence-corrected chi connectivity index (χ1v) is 14.4. The smallest absolute Gasteiger partial charge is 0.263 e. The van der Waals surface area contributed by atoms with Crippen LogP contribution in [0.3, 0.4) is 0 Å². The van der Waals surface area contributed by atoms with Gasteiger partial charge in [0.25, 0.3) is 11.5 Å². The van der Waals surface area contributed by atoms with Crippen molar-refractivity contribution in [2.75, 3.05) is 18.4 Å². The predicted octanol–water partition coefficient (Wildman–Crippen LogP) is 3.17. The highest BCUT2D eigenvalue weighted by molar-refractivity contribution is 7.89. The maximum atomic E-state index is 13.4. The van der Waals surface area contributed by atoms with E-state index in [1.165, 1.54) is 68.4 Å². The highest BCUT2D eigenvalue weighted by atomic mass is 32.2. The maximum absolute atomic E-state index is 13.4. The predicted molar refractivity (Wildman–Crippen MR) is 148 cm³/mol. The van der Waals surface area contributed by atoms with Gasteiger partial charge < -0.3 is 5.32 Å². The number of H-pyrrole nitrogens is 1. The lowest BCUT2D eigenvalue weighted by Gasteiger charge is -2.25. The zero-order chi connectivity index (χ0) is 28.7. The lowest BCUT2D eigenvalue weighted by atomic mass is 10.2. The fourth-order valence-corrected chi connectivity index (χ4v) is 6.27. The summed E-state index contributed by atoms with van der Waals surface area (Å²) in [5, 5.41) is 11.6. The number of carbonyl (C=O) groups is 1. The molecule has 1 amide bonds. The topological polar surface area (TPSA) is 148 Å². The van der Waals surface area contributed by atoms with Crippen LogP contribution < -0.4 is 10.9 Å². The number of nitrogens with one attached hydrogen (secondary N) is 2. The summed E-state index contributed by atoms with van der Waals surface area (Å²) in [5.74, 6) is -0.666. The molecule has 12 nitrogen and oxygen atoms in total. The van der Waals surface area contributed by atoms with E-state index in [9.17, 15) is 22.4 Å². The molecule has 3 aromatic heterocycles. The zero-order valence-corrected chi connectivity index (χ0v) is 22.7. The molecule has 0 aliphatic carbocycles. The molecule has 2 N–H and O–H groups in total. The van der Waals surface area contributed by atoms with Crippen molar-refractivity contribution in [3.63, 3.8) is 0 Å². The molecule has 210 valence electrons. The first-order chi connectivity index (χ1) is 19.7. The fourth-order valence-electron chi connectivity index (χ4n) is 4.75. The number of rotatable bonds is 6. The fraction of sp³-hybridized carbons (Fsp3) is 0.222. The molecule has 1 aliphatic rings. The molecule has 0 spiro atoms. The van der Waals surface area contributed by atoms with Crippen molar-refractivity contribution in [3.05, 3.63) is 88.2 Å². The molecule has 1 fully saturated rings. The lowest BCUT2D eigenvalue weighted by molar-refractivity contribution is 0.102. The third-order valence-corrected chi connectivity index (χ3v) is 8.75. The Bertz CT molecular complexity index is 1920. The van der Waals surface area contributed by atoms with E-state index in [0.29, 0.717) is 24.5 Å². The Kier molecular flexibility index (Phi) is 6.71. The van der Waals surface area contributed by atoms with Crippen LogP contribution in [0.2, 0.25) is 0 Å². The third-order valence-electron chi connectivity index (χ3n) is 6.84. The Morgan fingerprint density at radius 1 is 1.00 bits per heavy atom. The summed E-state index contributed by atoms with van der Waals surface area (Å²) in [6, 6.07) is 12.9. The Balaban J connectivity index is 1.29. The van der Waals surface area contributed by atoms with Gasteiger partial charge in [-0.3, -0.25) is 14.6 Å². The van der Waals surface area contributed by atoms with Gasteiger partial charge in [0.15, 0.2) is 5.65 Å². The molecule has 14 heteroatoms. The molecule has 6 rings (SSSR count). The summed E-state index contributed by atoms with van der Waals surface area (Å²) < 4.78 is 43.5. The lowest BCUT2D eigenvalue weighted by Crippen LogP contribution is -2.35. The minimum atomic E-state index is -3.63. The highest BCUT2D eigenvalue weighted by Gasteiger charge is 2.26. The number of fused-ring (bicyclic) bond motifs is 1. The van der Waals surface area contributed by atoms with Gasteiger partial charge in [0.05, 0.1) is 22.5 Å². The minimum Gasteiger partial charge on any atom is -0.306 e. The second kappa shape index (κ2) is 10.4. The highest BCUT2D eigenvalue weighted by Crippen LogP contribution is 2.22. The van der Waals surface area contributed by atoms with Crippen molar-refractivity contribution in [2.24, 2.45) is 0 Å². The van der Waals surface area contributed by atoms with Crippen LogP contribution in [0.25, 0.3) is 22.7 Å². The van der Waals surface area contributed by atoms with E-state index in [4.69, 9.17) is 0 Å². The van der Waals surface area contributed by atoms with Crippen molar-refractivity contribution in [1.82, 2.24) is 33.8 Å². The number of aryl methyl sites for hydroxylation is 1. The van der Waals surface area contributed by atoms with E-state index in [-0.39, 0.29) is 33.3 Å². The first-order valence-electron chi connectivity index (χ1n) is 12.9. The number of anilines is 1. The van der Waals surface area contributed by atoms with Crippen LogP contribution in [0.15, 0.2) is 70.5 Å². The molecule has 2 aromatic carbocycles. The number of carbonyl (C=O) groups excluding carboxylic acids is 1. The molecule has 0 radical (unpaired) electrons. The molecule has 41 heavy (non-hydrogen) atoms. The van der Waals surface area contributed by atoms with Gasteiger partial charge in [-0.15, -0.1) is 0 Å². The Morgan fingerprint density at radius 3 is 2.41 bits per heavy atom. The third kappa shape index (κ3) is 5.02. The van der Waals surface area contributed by atoms with Crippen LogP contribution in [0.4, 0.5) is 10.2 Å². The molecular formula is C27H25FN8O4S. The number of aromatic nitrogens is 6. The van der Waals surface area contributed by atoms with Crippen LogP contribution >= 0.6 is 0 Å². The first kappa shape index (κ1) is 26.5. The van der Waals surface area contributed by atoms with E-state index >= 15 is 0 Å². The summed E-state index contributed by atoms with van der Waals surface area (Å²) in [6.07, 6.45) is 4.03. The monoisotopic (exact) mass is 576 g/mol. The van der Waals surface area contributed by atoms with Gasteiger partial charge in [-0.1, -0.05) is 6.42 Å². The average molecular weight is 577 g/mol. The molecule has 1 saturated heterocycles.